The lowest BCUT2D eigenvalue weighted by molar-refractivity contribution is 0.567. The van der Waals surface area contributed by atoms with E-state index >= 15 is 0 Å². The second-order valence-electron chi connectivity index (χ2n) is 3.76. The van der Waals surface area contributed by atoms with Crippen LogP contribution in [0.5, 0.6) is 0 Å². The summed E-state index contributed by atoms with van der Waals surface area (Å²) in [4.78, 5) is 0.809. The molecule has 4 heteroatoms. The maximum Gasteiger partial charge on any atom is 0.0981 e. The van der Waals surface area contributed by atoms with Crippen LogP contribution < -0.4 is 4.72 Å². The van der Waals surface area contributed by atoms with E-state index < -0.39 is 9.71 Å². The number of benzene rings is 1. The molecule has 2 heterocycles. The van der Waals surface area contributed by atoms with E-state index in [1.807, 2.05) is 30.3 Å². The van der Waals surface area contributed by atoms with Crippen molar-refractivity contribution < 1.29 is 8.63 Å². The van der Waals surface area contributed by atoms with Crippen LogP contribution in [-0.4, -0.2) is 9.58 Å². The minimum atomic E-state index is -2.39. The third kappa shape index (κ3) is 1.76. The van der Waals surface area contributed by atoms with E-state index in [2.05, 4.69) is 4.72 Å². The summed E-state index contributed by atoms with van der Waals surface area (Å²) in [7, 11) is -2.39. The van der Waals surface area contributed by atoms with Crippen LogP contribution in [0, 0.1) is 0 Å². The molecule has 0 saturated carbocycles. The molecule has 0 saturated heterocycles. The molecule has 0 aliphatic carbocycles. The Hall–Kier alpha value is -1.94. The van der Waals surface area contributed by atoms with Crippen LogP contribution in [0.15, 0.2) is 58.4 Å². The van der Waals surface area contributed by atoms with Crippen LogP contribution in [0.3, 0.4) is 0 Å². The number of rotatable bonds is 1. The third-order valence-electron chi connectivity index (χ3n) is 2.60. The molecular weight excluding hydrogens is 234 g/mol. The first kappa shape index (κ1) is 10.2. The summed E-state index contributed by atoms with van der Waals surface area (Å²) in [5, 5.41) is 1.71. The summed E-state index contributed by atoms with van der Waals surface area (Å²) in [5.74, 6) is 0. The second-order valence-corrected chi connectivity index (χ2v) is 5.88. The zero-order valence-electron chi connectivity index (χ0n) is 9.00. The van der Waals surface area contributed by atoms with Crippen LogP contribution in [-0.2, 0) is 9.71 Å². The van der Waals surface area contributed by atoms with Crippen molar-refractivity contribution in [3.05, 3.63) is 60.2 Å². The summed E-state index contributed by atoms with van der Waals surface area (Å²) < 4.78 is 20.8. The van der Waals surface area contributed by atoms with Gasteiger partial charge in [0.25, 0.3) is 0 Å². The van der Waals surface area contributed by atoms with E-state index in [4.69, 9.17) is 4.42 Å². The average Bonchev–Trinajstić information content (AvgIpc) is 2.82. The molecule has 0 bridgehead atoms. The van der Waals surface area contributed by atoms with Gasteiger partial charge in [-0.3, -0.25) is 0 Å². The number of fused-ring (bicyclic) bond motifs is 1. The standard InChI is InChI=1S/C13H11NO2S/c15-17(10-11-6-8-16-9-11)13-4-2-1-3-12(13)5-7-14-17/h1-10H,(H,14,15). The normalized spacial score (nSPS) is 21.6. The minimum Gasteiger partial charge on any atom is -0.472 e. The molecule has 1 N–H and O–H groups in total. The molecule has 0 fully saturated rings. The van der Waals surface area contributed by atoms with E-state index in [1.165, 1.54) is 0 Å². The maximum absolute atomic E-state index is 12.8. The molecule has 0 spiro atoms. The zero-order valence-corrected chi connectivity index (χ0v) is 9.81. The van der Waals surface area contributed by atoms with Gasteiger partial charge < -0.3 is 9.14 Å². The molecule has 86 valence electrons. The maximum atomic E-state index is 12.8. The fourth-order valence-corrected chi connectivity index (χ4v) is 3.69. The van der Waals surface area contributed by atoms with Crippen molar-refractivity contribution in [3.63, 3.8) is 0 Å². The van der Waals surface area contributed by atoms with Crippen LogP contribution >= 0.6 is 0 Å². The molecule has 1 aromatic heterocycles. The monoisotopic (exact) mass is 245 g/mol. The van der Waals surface area contributed by atoms with Gasteiger partial charge in [-0.15, -0.1) is 0 Å². The second kappa shape index (κ2) is 3.82. The SMILES string of the molecule is O=S1(=Cc2ccoc2)NC=Cc2ccccc21. The summed E-state index contributed by atoms with van der Waals surface area (Å²) >= 11 is 0. The van der Waals surface area contributed by atoms with Crippen LogP contribution in [0.25, 0.3) is 6.08 Å². The minimum absolute atomic E-state index is 0.809. The Bertz CT molecular complexity index is 677. The highest BCUT2D eigenvalue weighted by atomic mass is 32.2. The van der Waals surface area contributed by atoms with Crippen molar-refractivity contribution in [3.8, 4) is 0 Å². The fourth-order valence-electron chi connectivity index (χ4n) is 1.81. The summed E-state index contributed by atoms with van der Waals surface area (Å²) in [6, 6.07) is 9.45. The molecule has 2 aromatic rings. The molecule has 1 aliphatic heterocycles. The number of hydrogen-bond acceptors (Lipinski definition) is 2. The van der Waals surface area contributed by atoms with Crippen molar-refractivity contribution in [2.75, 3.05) is 0 Å². The quantitative estimate of drug-likeness (QED) is 0.783. The van der Waals surface area contributed by atoms with E-state index in [-0.39, 0.29) is 0 Å². The highest BCUT2D eigenvalue weighted by Crippen LogP contribution is 2.21. The van der Waals surface area contributed by atoms with Gasteiger partial charge in [-0.05, 0) is 23.8 Å². The lowest BCUT2D eigenvalue weighted by atomic mass is 10.2. The molecule has 0 radical (unpaired) electrons. The molecular formula is C13H11NO2S. The topological polar surface area (TPSA) is 42.2 Å². The number of nitrogens with one attached hydrogen (secondary N) is 1. The summed E-state index contributed by atoms with van der Waals surface area (Å²) in [6.45, 7) is 0. The van der Waals surface area contributed by atoms with Gasteiger partial charge in [0, 0.05) is 17.1 Å². The van der Waals surface area contributed by atoms with Gasteiger partial charge in [0.15, 0.2) is 0 Å². The number of hydrogen-bond donors (Lipinski definition) is 1. The van der Waals surface area contributed by atoms with Gasteiger partial charge >= 0.3 is 0 Å². The predicted octanol–water partition coefficient (Wildman–Crippen LogP) is 2.26. The Morgan fingerprint density at radius 3 is 2.94 bits per heavy atom. The van der Waals surface area contributed by atoms with E-state index in [0.29, 0.717) is 0 Å². The highest BCUT2D eigenvalue weighted by molar-refractivity contribution is 8.00. The van der Waals surface area contributed by atoms with Gasteiger partial charge in [0.1, 0.15) is 0 Å². The highest BCUT2D eigenvalue weighted by Gasteiger charge is 2.15. The molecule has 1 aromatic carbocycles. The smallest absolute Gasteiger partial charge is 0.0981 e. The molecule has 1 unspecified atom stereocenters. The van der Waals surface area contributed by atoms with Gasteiger partial charge in [0.05, 0.1) is 27.1 Å². The van der Waals surface area contributed by atoms with Crippen LogP contribution in [0.1, 0.15) is 11.1 Å². The lowest BCUT2D eigenvalue weighted by Gasteiger charge is -2.18. The largest absolute Gasteiger partial charge is 0.472 e. The van der Waals surface area contributed by atoms with Crippen LogP contribution in [0.4, 0.5) is 0 Å². The molecule has 1 atom stereocenters. The molecule has 3 rings (SSSR count). The first-order chi connectivity index (χ1) is 8.28. The molecule has 0 amide bonds. The van der Waals surface area contributed by atoms with Gasteiger partial charge in [0.2, 0.25) is 0 Å². The summed E-state index contributed by atoms with van der Waals surface area (Å²) in [5.41, 5.74) is 1.79. The average molecular weight is 245 g/mol. The van der Waals surface area contributed by atoms with Crippen molar-refractivity contribution in [1.29, 1.82) is 0 Å². The van der Waals surface area contributed by atoms with Gasteiger partial charge in [-0.1, -0.05) is 18.2 Å². The van der Waals surface area contributed by atoms with Crippen molar-refractivity contribution in [2.45, 2.75) is 4.90 Å². The van der Waals surface area contributed by atoms with Gasteiger partial charge in [-0.25, -0.2) is 4.21 Å². The van der Waals surface area contributed by atoms with Gasteiger partial charge in [-0.2, -0.15) is 0 Å². The molecule has 1 aliphatic rings. The Morgan fingerprint density at radius 2 is 2.12 bits per heavy atom. The molecule has 17 heavy (non-hydrogen) atoms. The first-order valence-corrected chi connectivity index (χ1v) is 6.84. The van der Waals surface area contributed by atoms with Crippen molar-refractivity contribution >= 4 is 21.2 Å². The van der Waals surface area contributed by atoms with Crippen molar-refractivity contribution in [1.82, 2.24) is 4.72 Å². The lowest BCUT2D eigenvalue weighted by Crippen LogP contribution is -2.24. The first-order valence-electron chi connectivity index (χ1n) is 5.22. The summed E-state index contributed by atoms with van der Waals surface area (Å²) in [6.07, 6.45) is 6.79. The predicted molar refractivity (Wildman–Crippen MR) is 68.9 cm³/mol. The van der Waals surface area contributed by atoms with Crippen LogP contribution in [0.2, 0.25) is 0 Å². The fraction of sp³-hybridized carbons (Fsp3) is 0. The Kier molecular flexibility index (Phi) is 2.30. The van der Waals surface area contributed by atoms with Crippen molar-refractivity contribution in [2.24, 2.45) is 0 Å². The molecule has 3 nitrogen and oxygen atoms in total. The Balaban J connectivity index is 2.23. The Morgan fingerprint density at radius 1 is 1.24 bits per heavy atom. The number of furan rings is 1. The third-order valence-corrected chi connectivity index (χ3v) is 4.71. The van der Waals surface area contributed by atoms with E-state index in [1.54, 1.807) is 30.2 Å². The van der Waals surface area contributed by atoms with E-state index in [9.17, 15) is 4.21 Å². The van der Waals surface area contributed by atoms with E-state index in [0.717, 1.165) is 16.0 Å². The Labute approximate surface area is 99.9 Å². The zero-order chi connectivity index (χ0) is 11.7.